The summed E-state index contributed by atoms with van der Waals surface area (Å²) in [7, 11) is 0. The maximum absolute atomic E-state index is 13.0. The molecule has 0 aliphatic carbocycles. The van der Waals surface area contributed by atoms with Gasteiger partial charge in [0.15, 0.2) is 6.61 Å². The van der Waals surface area contributed by atoms with E-state index in [-0.39, 0.29) is 22.9 Å². The summed E-state index contributed by atoms with van der Waals surface area (Å²) in [4.78, 5) is 31.8. The van der Waals surface area contributed by atoms with E-state index in [0.717, 1.165) is 6.20 Å². The van der Waals surface area contributed by atoms with Crippen LogP contribution in [0.5, 0.6) is 5.75 Å². The first-order valence-corrected chi connectivity index (χ1v) is 9.21. The smallest absolute Gasteiger partial charge is 0.340 e. The number of nitrogens with one attached hydrogen (secondary N) is 2. The van der Waals surface area contributed by atoms with Crippen molar-refractivity contribution in [2.24, 2.45) is 0 Å². The van der Waals surface area contributed by atoms with Crippen molar-refractivity contribution in [3.8, 4) is 5.75 Å². The molecule has 0 radical (unpaired) electrons. The first-order chi connectivity index (χ1) is 14.4. The number of pyridine rings is 2. The summed E-state index contributed by atoms with van der Waals surface area (Å²) in [6, 6.07) is 4.20. The molecule has 2 rings (SSSR count). The summed E-state index contributed by atoms with van der Waals surface area (Å²) in [6.07, 6.45) is -2.82. The minimum Gasteiger partial charge on any atom is -0.485 e. The molecule has 1 atom stereocenters. The van der Waals surface area contributed by atoms with Gasteiger partial charge in [0, 0.05) is 12.6 Å². The van der Waals surface area contributed by atoms with E-state index in [1.165, 1.54) is 19.9 Å². The van der Waals surface area contributed by atoms with E-state index in [0.29, 0.717) is 17.1 Å². The fraction of sp³-hybridized carbons (Fsp3) is 0.400. The summed E-state index contributed by atoms with van der Waals surface area (Å²) < 4.78 is 55.2. The van der Waals surface area contributed by atoms with Crippen LogP contribution in [-0.2, 0) is 4.79 Å². The summed E-state index contributed by atoms with van der Waals surface area (Å²) >= 11 is 0. The maximum atomic E-state index is 13.0. The highest BCUT2D eigenvalue weighted by Gasteiger charge is 2.41. The van der Waals surface area contributed by atoms with Gasteiger partial charge in [-0.05, 0) is 50.1 Å². The largest absolute Gasteiger partial charge is 0.485 e. The van der Waals surface area contributed by atoms with Gasteiger partial charge in [0.1, 0.15) is 17.3 Å². The lowest BCUT2D eigenvalue weighted by atomic mass is 10.1. The van der Waals surface area contributed by atoms with Crippen molar-refractivity contribution < 1.29 is 31.9 Å². The van der Waals surface area contributed by atoms with Crippen molar-refractivity contribution in [1.29, 1.82) is 0 Å². The first kappa shape index (κ1) is 24.0. The van der Waals surface area contributed by atoms with Gasteiger partial charge in [-0.15, -0.1) is 0 Å². The number of rotatable bonds is 8. The Bertz CT molecular complexity index is 969. The highest BCUT2D eigenvalue weighted by atomic mass is 19.3. The second-order valence-electron chi connectivity index (χ2n) is 6.99. The number of carbonyl (C=O) groups excluding carboxylic acids is 2. The number of ether oxygens (including phenoxy) is 1. The van der Waals surface area contributed by atoms with Crippen molar-refractivity contribution >= 4 is 17.6 Å². The monoisotopic (exact) mass is 442 g/mol. The number of carbonyl (C=O) groups is 2. The van der Waals surface area contributed by atoms with E-state index in [4.69, 9.17) is 4.74 Å². The van der Waals surface area contributed by atoms with Gasteiger partial charge < -0.3 is 15.4 Å². The van der Waals surface area contributed by atoms with Crippen LogP contribution in [-0.4, -0.2) is 40.7 Å². The molecule has 11 heteroatoms. The van der Waals surface area contributed by atoms with Crippen molar-refractivity contribution in [3.05, 3.63) is 46.9 Å². The van der Waals surface area contributed by atoms with Crippen LogP contribution in [0.4, 0.5) is 23.4 Å². The van der Waals surface area contributed by atoms with Gasteiger partial charge in [-0.2, -0.15) is 8.78 Å². The minimum atomic E-state index is -4.29. The fourth-order valence-electron chi connectivity index (χ4n) is 2.60. The lowest BCUT2D eigenvalue weighted by molar-refractivity contribution is -0.148. The number of alkyl halides is 4. The molecular weight excluding hydrogens is 420 g/mol. The number of aromatic nitrogens is 2. The van der Waals surface area contributed by atoms with E-state index < -0.39 is 30.9 Å². The Morgan fingerprint density at radius 2 is 1.87 bits per heavy atom. The third kappa shape index (κ3) is 6.63. The summed E-state index contributed by atoms with van der Waals surface area (Å²) in [5.41, 5.74) is 1.60. The van der Waals surface area contributed by atoms with Crippen LogP contribution in [0.15, 0.2) is 24.4 Å². The molecule has 168 valence electrons. The molecule has 2 aromatic heterocycles. The molecular formula is C20H22F4N4O3. The number of amides is 2. The van der Waals surface area contributed by atoms with E-state index in [9.17, 15) is 27.2 Å². The fourth-order valence-corrected chi connectivity index (χ4v) is 2.60. The number of hydrogen-bond acceptors (Lipinski definition) is 5. The van der Waals surface area contributed by atoms with Crippen LogP contribution < -0.4 is 15.4 Å². The quantitative estimate of drug-likeness (QED) is 0.607. The lowest BCUT2D eigenvalue weighted by Crippen LogP contribution is -2.34. The Morgan fingerprint density at radius 3 is 2.45 bits per heavy atom. The molecule has 0 spiro atoms. The molecule has 0 aliphatic heterocycles. The van der Waals surface area contributed by atoms with Crippen LogP contribution in [0.3, 0.4) is 0 Å². The zero-order valence-corrected chi connectivity index (χ0v) is 17.3. The van der Waals surface area contributed by atoms with Gasteiger partial charge in [-0.25, -0.2) is 18.7 Å². The van der Waals surface area contributed by atoms with E-state index in [1.54, 1.807) is 26.0 Å². The Hall–Kier alpha value is -3.24. The molecule has 1 unspecified atom stereocenters. The van der Waals surface area contributed by atoms with Gasteiger partial charge in [0.2, 0.25) is 5.91 Å². The van der Waals surface area contributed by atoms with Crippen LogP contribution in [0, 0.1) is 13.8 Å². The predicted molar refractivity (Wildman–Crippen MR) is 105 cm³/mol. The molecule has 2 amide bonds. The minimum absolute atomic E-state index is 0.00909. The summed E-state index contributed by atoms with van der Waals surface area (Å²) in [5.74, 6) is -4.91. The Morgan fingerprint density at radius 1 is 1.19 bits per heavy atom. The normalized spacial score (nSPS) is 12.4. The number of nitrogens with zero attached hydrogens (tertiary/aromatic N) is 2. The second-order valence-corrected chi connectivity index (χ2v) is 6.99. The Balaban J connectivity index is 2.09. The van der Waals surface area contributed by atoms with Gasteiger partial charge in [0.05, 0.1) is 12.2 Å². The van der Waals surface area contributed by atoms with Crippen molar-refractivity contribution in [2.45, 2.75) is 46.1 Å². The molecule has 2 aromatic rings. The number of hydrogen-bond donors (Lipinski definition) is 2. The standard InChI is InChI=1S/C20H22F4N4O3/c1-10-5-15(25-8-16(10)31-9-20(23,24)19(21)22)18(30)27-12(3)14-6-11(2)26-17(7-14)28-13(4)29/h5-8,12,19H,9H2,1-4H3,(H,27,30)(H,26,28,29). The van der Waals surface area contributed by atoms with Crippen LogP contribution in [0.1, 0.15) is 47.2 Å². The lowest BCUT2D eigenvalue weighted by Gasteiger charge is -2.18. The van der Waals surface area contributed by atoms with Crippen LogP contribution >= 0.6 is 0 Å². The molecule has 2 N–H and O–H groups in total. The van der Waals surface area contributed by atoms with E-state index in [2.05, 4.69) is 20.6 Å². The third-order valence-electron chi connectivity index (χ3n) is 4.16. The summed E-state index contributed by atoms with van der Waals surface area (Å²) in [5, 5.41) is 5.32. The molecule has 0 bridgehead atoms. The average Bonchev–Trinajstić information content (AvgIpc) is 2.65. The van der Waals surface area contributed by atoms with Crippen molar-refractivity contribution in [2.75, 3.05) is 11.9 Å². The van der Waals surface area contributed by atoms with Crippen LogP contribution in [0.2, 0.25) is 0 Å². The average molecular weight is 442 g/mol. The highest BCUT2D eigenvalue weighted by molar-refractivity contribution is 5.93. The number of aryl methyl sites for hydroxylation is 2. The third-order valence-corrected chi connectivity index (χ3v) is 4.16. The first-order valence-electron chi connectivity index (χ1n) is 9.21. The molecule has 0 saturated carbocycles. The second kappa shape index (κ2) is 9.71. The topological polar surface area (TPSA) is 93.2 Å². The summed E-state index contributed by atoms with van der Waals surface area (Å²) in [6.45, 7) is 4.79. The zero-order valence-electron chi connectivity index (χ0n) is 17.3. The van der Waals surface area contributed by atoms with E-state index >= 15 is 0 Å². The Labute approximate surface area is 176 Å². The van der Waals surface area contributed by atoms with E-state index in [1.807, 2.05) is 0 Å². The molecule has 2 heterocycles. The molecule has 0 aromatic carbocycles. The number of halogens is 4. The number of anilines is 1. The SMILES string of the molecule is CC(=O)Nc1cc(C(C)NC(=O)c2cc(C)c(OCC(F)(F)C(F)F)cn2)cc(C)n1. The Kier molecular flexibility index (Phi) is 7.53. The van der Waals surface area contributed by atoms with Gasteiger partial charge >= 0.3 is 12.3 Å². The maximum Gasteiger partial charge on any atom is 0.340 e. The highest BCUT2D eigenvalue weighted by Crippen LogP contribution is 2.26. The molecule has 7 nitrogen and oxygen atoms in total. The molecule has 31 heavy (non-hydrogen) atoms. The van der Waals surface area contributed by atoms with Gasteiger partial charge in [0.25, 0.3) is 5.91 Å². The predicted octanol–water partition coefficient (Wildman–Crippen LogP) is 3.82. The van der Waals surface area contributed by atoms with Crippen molar-refractivity contribution in [3.63, 3.8) is 0 Å². The molecule has 0 saturated heterocycles. The van der Waals surface area contributed by atoms with Crippen LogP contribution in [0.25, 0.3) is 0 Å². The van der Waals surface area contributed by atoms with Gasteiger partial charge in [-0.3, -0.25) is 9.59 Å². The molecule has 0 fully saturated rings. The van der Waals surface area contributed by atoms with Crippen molar-refractivity contribution in [1.82, 2.24) is 15.3 Å². The molecule has 0 aliphatic rings. The zero-order chi connectivity index (χ0) is 23.3. The van der Waals surface area contributed by atoms with Gasteiger partial charge in [-0.1, -0.05) is 0 Å².